The lowest BCUT2D eigenvalue weighted by Gasteiger charge is -2.33. The lowest BCUT2D eigenvalue weighted by atomic mass is 9.98. The van der Waals surface area contributed by atoms with Gasteiger partial charge in [-0.05, 0) is 42.7 Å². The Bertz CT molecular complexity index is 1510. The molecule has 1 unspecified atom stereocenters. The number of methoxy groups -OCH3 is 1. The second-order valence-corrected chi connectivity index (χ2v) is 8.68. The molecule has 9 heteroatoms. The number of carbonyl (C=O) groups excluding carboxylic acids is 1. The number of rotatable bonds is 5. The Labute approximate surface area is 196 Å². The molecule has 0 bridgehead atoms. The second-order valence-electron chi connectivity index (χ2n) is 8.68. The van der Waals surface area contributed by atoms with E-state index in [1.165, 1.54) is 0 Å². The van der Waals surface area contributed by atoms with Crippen LogP contribution in [-0.4, -0.2) is 60.3 Å². The van der Waals surface area contributed by atoms with Gasteiger partial charge < -0.3 is 14.6 Å². The van der Waals surface area contributed by atoms with Crippen LogP contribution in [0.25, 0.3) is 11.0 Å². The Morgan fingerprint density at radius 1 is 1.24 bits per heavy atom. The molecule has 34 heavy (non-hydrogen) atoms. The highest BCUT2D eigenvalue weighted by molar-refractivity contribution is 6.01. The van der Waals surface area contributed by atoms with Gasteiger partial charge >= 0.3 is 0 Å². The molecule has 5 aromatic heterocycles. The first kappa shape index (κ1) is 20.6. The predicted molar refractivity (Wildman–Crippen MR) is 126 cm³/mol. The van der Waals surface area contributed by atoms with Crippen LogP contribution >= 0.6 is 0 Å². The van der Waals surface area contributed by atoms with Crippen LogP contribution in [0.4, 0.5) is 0 Å². The fourth-order valence-corrected chi connectivity index (χ4v) is 4.82. The van der Waals surface area contributed by atoms with Crippen LogP contribution in [-0.2, 0) is 17.6 Å². The number of hydrogen-bond acceptors (Lipinski definition) is 5. The largest absolute Gasteiger partial charge is 0.384 e. The molecular formula is C25H25N7O2. The van der Waals surface area contributed by atoms with Gasteiger partial charge in [-0.3, -0.25) is 4.79 Å². The van der Waals surface area contributed by atoms with Crippen LogP contribution in [0.2, 0.25) is 0 Å². The summed E-state index contributed by atoms with van der Waals surface area (Å²) < 4.78 is 8.81. The van der Waals surface area contributed by atoms with Gasteiger partial charge in [-0.25, -0.2) is 14.0 Å². The molecule has 0 fully saturated rings. The maximum Gasteiger partial charge on any atom is 0.258 e. The Morgan fingerprint density at radius 2 is 2.15 bits per heavy atom. The van der Waals surface area contributed by atoms with Crippen LogP contribution in [0.3, 0.4) is 0 Å². The van der Waals surface area contributed by atoms with Crippen molar-refractivity contribution < 1.29 is 9.53 Å². The van der Waals surface area contributed by atoms with Crippen LogP contribution in [0.5, 0.6) is 0 Å². The van der Waals surface area contributed by atoms with Gasteiger partial charge in [-0.15, -0.1) is 0 Å². The minimum absolute atomic E-state index is 0.0768. The van der Waals surface area contributed by atoms with E-state index in [0.29, 0.717) is 25.1 Å². The van der Waals surface area contributed by atoms with Crippen LogP contribution in [0, 0.1) is 6.92 Å². The van der Waals surface area contributed by atoms with Crippen molar-refractivity contribution in [1.29, 1.82) is 0 Å². The molecule has 0 aliphatic carbocycles. The third-order valence-electron chi connectivity index (χ3n) is 6.60. The molecule has 0 aromatic carbocycles. The van der Waals surface area contributed by atoms with E-state index in [9.17, 15) is 4.79 Å². The van der Waals surface area contributed by atoms with Crippen molar-refractivity contribution in [3.8, 4) is 0 Å². The Kier molecular flexibility index (Phi) is 4.91. The number of imidazole rings is 1. The topological polar surface area (TPSA) is 92.8 Å². The number of nitrogens with zero attached hydrogens (tertiary/aromatic N) is 6. The summed E-state index contributed by atoms with van der Waals surface area (Å²) in [4.78, 5) is 23.6. The van der Waals surface area contributed by atoms with E-state index in [4.69, 9.17) is 9.84 Å². The van der Waals surface area contributed by atoms with Gasteiger partial charge in [-0.1, -0.05) is 12.1 Å². The molecule has 0 radical (unpaired) electrons. The average molecular weight is 456 g/mol. The molecule has 172 valence electrons. The summed E-state index contributed by atoms with van der Waals surface area (Å²) in [7, 11) is 1.69. The highest BCUT2D eigenvalue weighted by atomic mass is 16.5. The van der Waals surface area contributed by atoms with Crippen molar-refractivity contribution in [2.24, 2.45) is 0 Å². The smallest absolute Gasteiger partial charge is 0.258 e. The fraction of sp³-hybridized carbons (Fsp3) is 0.280. The van der Waals surface area contributed by atoms with E-state index in [0.717, 1.165) is 45.7 Å². The van der Waals surface area contributed by atoms with Gasteiger partial charge in [0.25, 0.3) is 5.91 Å². The number of aryl methyl sites for hydroxylation is 1. The Balaban J connectivity index is 1.41. The lowest BCUT2D eigenvalue weighted by Crippen LogP contribution is -2.41. The molecule has 1 N–H and O–H groups in total. The highest BCUT2D eigenvalue weighted by Crippen LogP contribution is 2.35. The van der Waals surface area contributed by atoms with Crippen molar-refractivity contribution in [2.75, 3.05) is 20.3 Å². The number of H-pyrrole nitrogens is 1. The monoisotopic (exact) mass is 455 g/mol. The third-order valence-corrected chi connectivity index (χ3v) is 6.60. The number of pyridine rings is 2. The van der Waals surface area contributed by atoms with E-state index in [1.807, 2.05) is 40.0 Å². The summed E-state index contributed by atoms with van der Waals surface area (Å²) >= 11 is 0. The van der Waals surface area contributed by atoms with Gasteiger partial charge in [0.05, 0.1) is 47.1 Å². The number of amides is 1. The SMILES string of the molecule is COCCc1ccc2c(C(=O)N3CCc4[nH]cnc4C3c3cc4c(C)cccn4n3)cnn2c1. The Hall–Kier alpha value is -3.98. The molecule has 1 amide bonds. The minimum Gasteiger partial charge on any atom is -0.384 e. The molecule has 5 aromatic rings. The van der Waals surface area contributed by atoms with Gasteiger partial charge in [0, 0.05) is 38.2 Å². The first-order valence-electron chi connectivity index (χ1n) is 11.4. The first-order valence-corrected chi connectivity index (χ1v) is 11.4. The minimum atomic E-state index is -0.377. The number of aromatic amines is 1. The normalized spacial score (nSPS) is 15.8. The summed E-state index contributed by atoms with van der Waals surface area (Å²) in [5.74, 6) is -0.0768. The summed E-state index contributed by atoms with van der Waals surface area (Å²) in [6.07, 6.45) is 8.74. The van der Waals surface area contributed by atoms with E-state index in [-0.39, 0.29) is 11.9 Å². The quantitative estimate of drug-likeness (QED) is 0.440. The van der Waals surface area contributed by atoms with Crippen molar-refractivity contribution in [3.63, 3.8) is 0 Å². The predicted octanol–water partition coefficient (Wildman–Crippen LogP) is 2.99. The summed E-state index contributed by atoms with van der Waals surface area (Å²) in [5.41, 5.74) is 7.30. The van der Waals surface area contributed by atoms with E-state index in [2.05, 4.69) is 34.1 Å². The van der Waals surface area contributed by atoms with Crippen molar-refractivity contribution in [3.05, 3.63) is 89.0 Å². The van der Waals surface area contributed by atoms with Gasteiger partial charge in [0.2, 0.25) is 0 Å². The second kappa shape index (κ2) is 8.11. The molecular weight excluding hydrogens is 430 g/mol. The summed E-state index contributed by atoms with van der Waals surface area (Å²) in [6.45, 7) is 3.26. The molecule has 9 nitrogen and oxygen atoms in total. The zero-order valence-electron chi connectivity index (χ0n) is 19.1. The number of nitrogens with one attached hydrogen (secondary N) is 1. The number of carbonyl (C=O) groups is 1. The number of fused-ring (bicyclic) bond motifs is 3. The average Bonchev–Trinajstić information content (AvgIpc) is 3.59. The zero-order chi connectivity index (χ0) is 23.2. The van der Waals surface area contributed by atoms with Crippen LogP contribution < -0.4 is 0 Å². The molecule has 6 rings (SSSR count). The van der Waals surface area contributed by atoms with Gasteiger partial charge in [0.15, 0.2) is 0 Å². The zero-order valence-corrected chi connectivity index (χ0v) is 19.1. The van der Waals surface area contributed by atoms with Gasteiger partial charge in [0.1, 0.15) is 6.04 Å². The molecule has 0 spiro atoms. The maximum atomic E-state index is 13.9. The lowest BCUT2D eigenvalue weighted by molar-refractivity contribution is 0.0689. The molecule has 0 saturated carbocycles. The van der Waals surface area contributed by atoms with Crippen molar-refractivity contribution >= 4 is 16.9 Å². The maximum absolute atomic E-state index is 13.9. The molecule has 1 aliphatic heterocycles. The van der Waals surface area contributed by atoms with Gasteiger partial charge in [-0.2, -0.15) is 10.2 Å². The molecule has 6 heterocycles. The van der Waals surface area contributed by atoms with Crippen molar-refractivity contribution in [2.45, 2.75) is 25.8 Å². The van der Waals surface area contributed by atoms with Crippen LogP contribution in [0.15, 0.2) is 55.2 Å². The number of hydrogen-bond donors (Lipinski definition) is 1. The van der Waals surface area contributed by atoms with Crippen LogP contribution in [0.1, 0.15) is 44.6 Å². The highest BCUT2D eigenvalue weighted by Gasteiger charge is 2.37. The van der Waals surface area contributed by atoms with Crippen molar-refractivity contribution in [1.82, 2.24) is 34.1 Å². The Morgan fingerprint density at radius 3 is 3.00 bits per heavy atom. The van der Waals surface area contributed by atoms with E-state index < -0.39 is 0 Å². The first-order chi connectivity index (χ1) is 16.6. The van der Waals surface area contributed by atoms with E-state index >= 15 is 0 Å². The summed E-state index contributed by atoms with van der Waals surface area (Å²) in [6, 6.07) is 9.70. The standard InChI is InChI=1S/C25H25N7O2/c1-16-4-3-9-31-22(16)12-20(29-31)24-23-19(26-15-27-23)7-10-30(24)25(33)18-13-28-32-14-17(8-11-34-2)5-6-21(18)32/h3-6,9,12-15,24H,7-8,10-11H2,1-2H3,(H,26,27). The third kappa shape index (κ3) is 3.28. The molecule has 0 saturated heterocycles. The summed E-state index contributed by atoms with van der Waals surface area (Å²) in [5, 5.41) is 9.30. The number of aromatic nitrogens is 6. The molecule has 1 aliphatic rings. The number of ether oxygens (including phenoxy) is 1. The molecule has 1 atom stereocenters. The fourth-order valence-electron chi connectivity index (χ4n) is 4.82. The van der Waals surface area contributed by atoms with E-state index in [1.54, 1.807) is 24.1 Å².